The molecule has 1 aliphatic rings. The topological polar surface area (TPSA) is 28.0 Å². The molecule has 0 saturated heterocycles. The molecule has 1 saturated carbocycles. The molecule has 0 spiro atoms. The van der Waals surface area contributed by atoms with E-state index in [0.29, 0.717) is 18.4 Å². The maximum absolute atomic E-state index is 13.7. The van der Waals surface area contributed by atoms with Crippen LogP contribution in [0.5, 0.6) is 0 Å². The molecule has 0 radical (unpaired) electrons. The summed E-state index contributed by atoms with van der Waals surface area (Å²) in [4.78, 5) is 10.6. The molecule has 3 nitrogen and oxygen atoms in total. The molecule has 0 aromatic heterocycles. The zero-order valence-electron chi connectivity index (χ0n) is 15.9. The van der Waals surface area contributed by atoms with Crippen molar-refractivity contribution in [2.45, 2.75) is 32.2 Å². The summed E-state index contributed by atoms with van der Waals surface area (Å²) in [5.41, 5.74) is 3.07. The molecule has 2 rings (SSSR count). The molecule has 26 heavy (non-hydrogen) atoms. The smallest absolute Gasteiger partial charge is 0.123 e. The summed E-state index contributed by atoms with van der Waals surface area (Å²) in [5.74, 6) is 0.495. The molecule has 4 heteroatoms. The van der Waals surface area contributed by atoms with Gasteiger partial charge >= 0.3 is 0 Å². The maximum atomic E-state index is 13.7. The van der Waals surface area contributed by atoms with E-state index in [2.05, 4.69) is 41.2 Å². The minimum absolute atomic E-state index is 0.170. The van der Waals surface area contributed by atoms with Crippen LogP contribution in [0.2, 0.25) is 0 Å². The molecule has 1 aromatic rings. The van der Waals surface area contributed by atoms with Crippen molar-refractivity contribution in [3.63, 3.8) is 0 Å². The van der Waals surface area contributed by atoms with Crippen LogP contribution in [0.3, 0.4) is 0 Å². The number of nitrogens with zero attached hydrogens (tertiary/aromatic N) is 3. The van der Waals surface area contributed by atoms with Gasteiger partial charge in [-0.2, -0.15) is 0 Å². The number of likely N-dealkylation sites (N-methyl/N-ethyl adjacent to an activating group) is 1. The average Bonchev–Trinajstić information content (AvgIpc) is 3.38. The van der Waals surface area contributed by atoms with Crippen LogP contribution >= 0.6 is 0 Å². The lowest BCUT2D eigenvalue weighted by atomic mass is 10.0. The van der Waals surface area contributed by atoms with E-state index in [0.717, 1.165) is 23.1 Å². The van der Waals surface area contributed by atoms with Gasteiger partial charge in [0.15, 0.2) is 0 Å². The second-order valence-electron chi connectivity index (χ2n) is 6.91. The lowest BCUT2D eigenvalue weighted by molar-refractivity contribution is 0.359. The SMILES string of the molecule is C=C/C=C\N(C)C(C)C/N=C\C(=C/N=C)C1CC1c1cc(C)cc(F)c1. The molecule has 1 aromatic carbocycles. The average molecular weight is 353 g/mol. The number of hydrogen-bond donors (Lipinski definition) is 0. The predicted molar refractivity (Wildman–Crippen MR) is 110 cm³/mol. The number of halogens is 1. The fourth-order valence-corrected chi connectivity index (χ4v) is 3.02. The van der Waals surface area contributed by atoms with Gasteiger partial charge in [0.05, 0.1) is 6.54 Å². The van der Waals surface area contributed by atoms with Crippen LogP contribution in [-0.4, -0.2) is 37.5 Å². The van der Waals surface area contributed by atoms with E-state index in [-0.39, 0.29) is 11.9 Å². The summed E-state index contributed by atoms with van der Waals surface area (Å²) in [5, 5.41) is 0. The van der Waals surface area contributed by atoms with Crippen LogP contribution in [0.4, 0.5) is 4.39 Å². The van der Waals surface area contributed by atoms with Crippen molar-refractivity contribution in [2.24, 2.45) is 15.9 Å². The molecule has 0 N–H and O–H groups in total. The van der Waals surface area contributed by atoms with Gasteiger partial charge in [0.25, 0.3) is 0 Å². The van der Waals surface area contributed by atoms with Gasteiger partial charge in [-0.05, 0) is 79.9 Å². The summed E-state index contributed by atoms with van der Waals surface area (Å²) in [6.45, 7) is 12.0. The van der Waals surface area contributed by atoms with Crippen LogP contribution < -0.4 is 0 Å². The zero-order valence-corrected chi connectivity index (χ0v) is 15.9. The monoisotopic (exact) mass is 353 g/mol. The van der Waals surface area contributed by atoms with Crippen molar-refractivity contribution in [3.8, 4) is 0 Å². The minimum atomic E-state index is -0.170. The first-order valence-corrected chi connectivity index (χ1v) is 8.90. The van der Waals surface area contributed by atoms with Gasteiger partial charge in [0.2, 0.25) is 0 Å². The Kier molecular flexibility index (Phi) is 7.07. The van der Waals surface area contributed by atoms with Crippen LogP contribution in [-0.2, 0) is 0 Å². The van der Waals surface area contributed by atoms with Gasteiger partial charge in [0, 0.05) is 25.5 Å². The van der Waals surface area contributed by atoms with Crippen LogP contribution in [0.1, 0.15) is 30.4 Å². The first kappa shape index (κ1) is 19.8. The Morgan fingerprint density at radius 2 is 2.19 bits per heavy atom. The molecule has 138 valence electrons. The van der Waals surface area contributed by atoms with Gasteiger partial charge in [-0.25, -0.2) is 4.39 Å². The molecule has 3 unspecified atom stereocenters. The van der Waals surface area contributed by atoms with E-state index in [9.17, 15) is 4.39 Å². The molecular weight excluding hydrogens is 325 g/mol. The quantitative estimate of drug-likeness (QED) is 0.458. The molecular formula is C22H28FN3. The summed E-state index contributed by atoms with van der Waals surface area (Å²) >= 11 is 0. The van der Waals surface area contributed by atoms with E-state index in [1.54, 1.807) is 24.4 Å². The minimum Gasteiger partial charge on any atom is -0.376 e. The lowest BCUT2D eigenvalue weighted by Crippen LogP contribution is -2.26. The number of aryl methyl sites for hydroxylation is 1. The first-order valence-electron chi connectivity index (χ1n) is 8.90. The number of rotatable bonds is 9. The molecule has 3 atom stereocenters. The van der Waals surface area contributed by atoms with Crippen LogP contribution in [0.25, 0.3) is 0 Å². The Hall–Kier alpha value is -2.49. The van der Waals surface area contributed by atoms with Gasteiger partial charge in [-0.3, -0.25) is 9.98 Å². The summed E-state index contributed by atoms with van der Waals surface area (Å²) in [6, 6.07) is 5.54. The van der Waals surface area contributed by atoms with E-state index in [4.69, 9.17) is 0 Å². The Labute approximate surface area is 156 Å². The van der Waals surface area contributed by atoms with E-state index in [1.165, 1.54) is 0 Å². The number of benzene rings is 1. The van der Waals surface area contributed by atoms with Crippen molar-refractivity contribution in [1.29, 1.82) is 0 Å². The number of allylic oxidation sites excluding steroid dienone is 3. The lowest BCUT2D eigenvalue weighted by Gasteiger charge is -2.21. The van der Waals surface area contributed by atoms with Gasteiger partial charge in [0.1, 0.15) is 5.82 Å². The molecule has 1 fully saturated rings. The number of aliphatic imine (C=N–C) groups is 2. The fraction of sp³-hybridized carbons (Fsp3) is 0.364. The second kappa shape index (κ2) is 9.27. The predicted octanol–water partition coefficient (Wildman–Crippen LogP) is 4.91. The van der Waals surface area contributed by atoms with Gasteiger partial charge in [-0.15, -0.1) is 0 Å². The van der Waals surface area contributed by atoms with Crippen molar-refractivity contribution in [3.05, 3.63) is 71.8 Å². The van der Waals surface area contributed by atoms with Gasteiger partial charge < -0.3 is 4.90 Å². The Balaban J connectivity index is 2.00. The normalized spacial score (nSPS) is 21.2. The third kappa shape index (κ3) is 5.51. The Morgan fingerprint density at radius 1 is 1.42 bits per heavy atom. The van der Waals surface area contributed by atoms with E-state index in [1.807, 2.05) is 32.5 Å². The highest BCUT2D eigenvalue weighted by atomic mass is 19.1. The largest absolute Gasteiger partial charge is 0.376 e. The molecule has 0 aliphatic heterocycles. The van der Waals surface area contributed by atoms with Crippen LogP contribution in [0.15, 0.2) is 64.9 Å². The molecule has 0 heterocycles. The Morgan fingerprint density at radius 3 is 2.85 bits per heavy atom. The highest BCUT2D eigenvalue weighted by Crippen LogP contribution is 2.51. The molecule has 0 amide bonds. The summed E-state index contributed by atoms with van der Waals surface area (Å²) < 4.78 is 13.7. The third-order valence-corrected chi connectivity index (χ3v) is 4.71. The van der Waals surface area contributed by atoms with Crippen molar-refractivity contribution in [2.75, 3.05) is 13.6 Å². The number of hydrogen-bond acceptors (Lipinski definition) is 3. The Bertz CT molecular complexity index is 713. The summed E-state index contributed by atoms with van der Waals surface area (Å²) in [6.07, 6.45) is 10.3. The highest BCUT2D eigenvalue weighted by Gasteiger charge is 2.40. The fourth-order valence-electron chi connectivity index (χ4n) is 3.02. The van der Waals surface area contributed by atoms with Crippen molar-refractivity contribution >= 4 is 12.9 Å². The molecule has 0 bridgehead atoms. The standard InChI is InChI=1S/C22H28FN3/c1-6-7-8-26(5)17(3)13-25-15-19(14-24-4)22-12-21(22)18-9-16(2)10-20(23)11-18/h6-11,14-15,17,21-22H,1,4,12-13H2,2-3,5H3/b8-7-,19-14+,25-15-. The van der Waals surface area contributed by atoms with Gasteiger partial charge in [-0.1, -0.05) is 18.7 Å². The zero-order chi connectivity index (χ0) is 19.1. The maximum Gasteiger partial charge on any atom is 0.123 e. The third-order valence-electron chi connectivity index (χ3n) is 4.71. The van der Waals surface area contributed by atoms with E-state index < -0.39 is 0 Å². The first-order chi connectivity index (χ1) is 12.5. The summed E-state index contributed by atoms with van der Waals surface area (Å²) in [7, 11) is 2.02. The highest BCUT2D eigenvalue weighted by molar-refractivity contribution is 5.80. The molecule has 1 aliphatic carbocycles. The van der Waals surface area contributed by atoms with Crippen molar-refractivity contribution in [1.82, 2.24) is 4.90 Å². The van der Waals surface area contributed by atoms with Crippen LogP contribution in [0, 0.1) is 18.7 Å². The van der Waals surface area contributed by atoms with Crippen molar-refractivity contribution < 1.29 is 4.39 Å². The van der Waals surface area contributed by atoms with E-state index >= 15 is 0 Å². The second-order valence-corrected chi connectivity index (χ2v) is 6.91.